The summed E-state index contributed by atoms with van der Waals surface area (Å²) >= 11 is 0. The van der Waals surface area contributed by atoms with E-state index in [1.807, 2.05) is 12.1 Å². The molecule has 0 spiro atoms. The molecule has 1 atom stereocenters. The summed E-state index contributed by atoms with van der Waals surface area (Å²) in [5.74, 6) is -0.445. The van der Waals surface area contributed by atoms with Crippen LogP contribution in [0.25, 0.3) is 0 Å². The molecule has 0 saturated carbocycles. The van der Waals surface area contributed by atoms with Gasteiger partial charge in [-0.1, -0.05) is 0 Å². The van der Waals surface area contributed by atoms with Crippen molar-refractivity contribution in [2.75, 3.05) is 7.11 Å². The molecular weight excluding hydrogens is 218 g/mol. The smallest absolute Gasteiger partial charge is 0.325 e. The fourth-order valence-electron chi connectivity index (χ4n) is 2.34. The second-order valence-electron chi connectivity index (χ2n) is 4.39. The Kier molecular flexibility index (Phi) is 3.33. The van der Waals surface area contributed by atoms with Crippen LogP contribution in [0.5, 0.6) is 5.75 Å². The maximum atomic E-state index is 11.0. The van der Waals surface area contributed by atoms with Crippen molar-refractivity contribution in [2.45, 2.75) is 31.7 Å². The average molecular weight is 235 g/mol. The first-order valence-corrected chi connectivity index (χ1v) is 5.81. The minimum Gasteiger partial charge on any atom is -0.496 e. The molecule has 1 aliphatic rings. The molecule has 3 N–H and O–H groups in total. The van der Waals surface area contributed by atoms with E-state index in [2.05, 4.69) is 0 Å². The third kappa shape index (κ3) is 2.26. The Morgan fingerprint density at radius 1 is 1.35 bits per heavy atom. The Balaban J connectivity index is 2.46. The van der Waals surface area contributed by atoms with Gasteiger partial charge in [0.15, 0.2) is 0 Å². The van der Waals surface area contributed by atoms with E-state index < -0.39 is 12.0 Å². The first kappa shape index (κ1) is 11.9. The lowest BCUT2D eigenvalue weighted by atomic mass is 9.88. The van der Waals surface area contributed by atoms with Crippen molar-refractivity contribution in [3.05, 3.63) is 28.8 Å². The predicted octanol–water partition coefficient (Wildman–Crippen LogP) is 1.66. The molecule has 0 aromatic heterocycles. The molecule has 1 unspecified atom stereocenters. The van der Waals surface area contributed by atoms with Crippen LogP contribution in [-0.4, -0.2) is 18.2 Å². The second-order valence-corrected chi connectivity index (χ2v) is 4.39. The van der Waals surface area contributed by atoms with Gasteiger partial charge in [0.25, 0.3) is 0 Å². The summed E-state index contributed by atoms with van der Waals surface area (Å²) < 4.78 is 5.24. The topological polar surface area (TPSA) is 72.5 Å². The molecule has 1 aromatic carbocycles. The summed E-state index contributed by atoms with van der Waals surface area (Å²) in [5, 5.41) is 8.98. The number of benzene rings is 1. The molecule has 92 valence electrons. The van der Waals surface area contributed by atoms with E-state index in [9.17, 15) is 4.79 Å². The van der Waals surface area contributed by atoms with E-state index in [1.54, 1.807) is 7.11 Å². The molecule has 0 heterocycles. The van der Waals surface area contributed by atoms with Gasteiger partial charge in [-0.2, -0.15) is 0 Å². The fraction of sp³-hybridized carbons (Fsp3) is 0.462. The highest BCUT2D eigenvalue weighted by Gasteiger charge is 2.22. The third-order valence-electron chi connectivity index (χ3n) is 3.30. The van der Waals surface area contributed by atoms with E-state index in [0.29, 0.717) is 11.3 Å². The number of nitrogens with two attached hydrogens (primary N) is 1. The van der Waals surface area contributed by atoms with Gasteiger partial charge in [0.05, 0.1) is 7.11 Å². The fourth-order valence-corrected chi connectivity index (χ4v) is 2.34. The number of rotatable bonds is 3. The Morgan fingerprint density at radius 3 is 2.47 bits per heavy atom. The summed E-state index contributed by atoms with van der Waals surface area (Å²) in [6.07, 6.45) is 4.37. The molecular formula is C13H17NO3. The highest BCUT2D eigenvalue weighted by molar-refractivity contribution is 5.76. The molecule has 0 bridgehead atoms. The van der Waals surface area contributed by atoms with Gasteiger partial charge < -0.3 is 15.6 Å². The Hall–Kier alpha value is -1.55. The number of aryl methyl sites for hydroxylation is 2. The summed E-state index contributed by atoms with van der Waals surface area (Å²) in [6, 6.07) is 2.82. The van der Waals surface area contributed by atoms with Crippen molar-refractivity contribution in [3.8, 4) is 5.75 Å². The zero-order chi connectivity index (χ0) is 12.4. The lowest BCUT2D eigenvalue weighted by Crippen LogP contribution is -2.22. The lowest BCUT2D eigenvalue weighted by Gasteiger charge is -2.20. The van der Waals surface area contributed by atoms with Gasteiger partial charge in [0.1, 0.15) is 11.8 Å². The molecule has 1 aliphatic carbocycles. The highest BCUT2D eigenvalue weighted by Crippen LogP contribution is 2.31. The van der Waals surface area contributed by atoms with E-state index in [1.165, 1.54) is 17.5 Å². The number of ether oxygens (including phenoxy) is 1. The zero-order valence-corrected chi connectivity index (χ0v) is 9.90. The Morgan fingerprint density at radius 2 is 1.94 bits per heavy atom. The maximum absolute atomic E-state index is 11.0. The van der Waals surface area contributed by atoms with Gasteiger partial charge in [0.2, 0.25) is 0 Å². The molecule has 0 saturated heterocycles. The van der Waals surface area contributed by atoms with Crippen LogP contribution in [0, 0.1) is 0 Å². The van der Waals surface area contributed by atoms with Crippen LogP contribution >= 0.6 is 0 Å². The molecule has 1 aromatic rings. The van der Waals surface area contributed by atoms with Crippen molar-refractivity contribution in [3.63, 3.8) is 0 Å². The van der Waals surface area contributed by atoms with Gasteiger partial charge in [-0.05, 0) is 48.9 Å². The van der Waals surface area contributed by atoms with Gasteiger partial charge in [0, 0.05) is 5.56 Å². The first-order valence-electron chi connectivity index (χ1n) is 5.81. The van der Waals surface area contributed by atoms with Gasteiger partial charge in [-0.25, -0.2) is 0 Å². The largest absolute Gasteiger partial charge is 0.496 e. The molecule has 0 radical (unpaired) electrons. The van der Waals surface area contributed by atoms with Gasteiger partial charge in [-0.15, -0.1) is 0 Å². The van der Waals surface area contributed by atoms with Crippen LogP contribution in [0.2, 0.25) is 0 Å². The number of hydrogen-bond acceptors (Lipinski definition) is 3. The van der Waals surface area contributed by atoms with Crippen LogP contribution in [0.15, 0.2) is 12.1 Å². The summed E-state index contributed by atoms with van der Waals surface area (Å²) in [4.78, 5) is 11.0. The zero-order valence-electron chi connectivity index (χ0n) is 9.90. The second kappa shape index (κ2) is 4.75. The number of aliphatic carboxylic acids is 1. The van der Waals surface area contributed by atoms with E-state index in [-0.39, 0.29) is 0 Å². The normalized spacial score (nSPS) is 16.1. The maximum Gasteiger partial charge on any atom is 0.325 e. The van der Waals surface area contributed by atoms with Crippen LogP contribution < -0.4 is 10.5 Å². The molecule has 0 fully saturated rings. The number of carbonyl (C=O) groups is 1. The van der Waals surface area contributed by atoms with Crippen molar-refractivity contribution in [1.29, 1.82) is 0 Å². The molecule has 4 heteroatoms. The van der Waals surface area contributed by atoms with Crippen molar-refractivity contribution < 1.29 is 14.6 Å². The Bertz CT molecular complexity index is 443. The van der Waals surface area contributed by atoms with Crippen LogP contribution in [0.1, 0.15) is 35.6 Å². The predicted molar refractivity (Wildman–Crippen MR) is 64.2 cm³/mol. The highest BCUT2D eigenvalue weighted by atomic mass is 16.5. The molecule has 0 aliphatic heterocycles. The van der Waals surface area contributed by atoms with Gasteiger partial charge in [-0.3, -0.25) is 4.79 Å². The van der Waals surface area contributed by atoms with Crippen LogP contribution in [0.3, 0.4) is 0 Å². The van der Waals surface area contributed by atoms with Crippen molar-refractivity contribution in [2.24, 2.45) is 5.73 Å². The first-order chi connectivity index (χ1) is 8.13. The summed E-state index contributed by atoms with van der Waals surface area (Å²) in [5.41, 5.74) is 8.71. The molecule has 17 heavy (non-hydrogen) atoms. The molecule has 2 rings (SSSR count). The summed E-state index contributed by atoms with van der Waals surface area (Å²) in [6.45, 7) is 0. The molecule has 4 nitrogen and oxygen atoms in total. The summed E-state index contributed by atoms with van der Waals surface area (Å²) in [7, 11) is 1.54. The van der Waals surface area contributed by atoms with Gasteiger partial charge >= 0.3 is 5.97 Å². The number of hydrogen-bond donors (Lipinski definition) is 2. The minimum absolute atomic E-state index is 0.570. The molecule has 0 amide bonds. The quantitative estimate of drug-likeness (QED) is 0.835. The standard InChI is InChI=1S/C13H17NO3/c1-17-11-7-9-5-3-2-4-8(9)6-10(11)12(14)13(15)16/h6-7,12H,2-5,14H2,1H3,(H,15,16). The van der Waals surface area contributed by atoms with Crippen LogP contribution in [0.4, 0.5) is 0 Å². The van der Waals surface area contributed by atoms with Crippen molar-refractivity contribution in [1.82, 2.24) is 0 Å². The number of methoxy groups -OCH3 is 1. The number of fused-ring (bicyclic) bond motifs is 1. The monoisotopic (exact) mass is 235 g/mol. The van der Waals surface area contributed by atoms with Crippen molar-refractivity contribution >= 4 is 5.97 Å². The minimum atomic E-state index is -1.03. The Labute approximate surface area is 100 Å². The lowest BCUT2D eigenvalue weighted by molar-refractivity contribution is -0.138. The van der Waals surface area contributed by atoms with E-state index in [4.69, 9.17) is 15.6 Å². The van der Waals surface area contributed by atoms with E-state index in [0.717, 1.165) is 19.3 Å². The SMILES string of the molecule is COc1cc2c(cc1C(N)C(=O)O)CCCC2. The average Bonchev–Trinajstić information content (AvgIpc) is 2.36. The van der Waals surface area contributed by atoms with E-state index >= 15 is 0 Å². The van der Waals surface area contributed by atoms with Crippen LogP contribution in [-0.2, 0) is 17.6 Å². The number of carboxylic acids is 1. The third-order valence-corrected chi connectivity index (χ3v) is 3.30. The number of carboxylic acid groups (broad SMARTS) is 1.